The summed E-state index contributed by atoms with van der Waals surface area (Å²) < 4.78 is 32.2. The highest BCUT2D eigenvalue weighted by molar-refractivity contribution is 7.48. The average molecular weight is 196 g/mol. The molecule has 0 aromatic carbocycles. The lowest BCUT2D eigenvalue weighted by Gasteiger charge is -2.36. The molecule has 1 heterocycles. The van der Waals surface area contributed by atoms with Gasteiger partial charge >= 0.3 is 7.91 Å². The van der Waals surface area contributed by atoms with Crippen molar-refractivity contribution in [3.63, 3.8) is 0 Å². The third-order valence-electron chi connectivity index (χ3n) is 2.49. The summed E-state index contributed by atoms with van der Waals surface area (Å²) in [6.45, 7) is 6.26. The highest BCUT2D eigenvalue weighted by Gasteiger charge is 2.41. The Morgan fingerprint density at radius 3 is 2.17 bits per heavy atom. The van der Waals surface area contributed by atoms with Crippen LogP contribution in [-0.4, -0.2) is 13.2 Å². The van der Waals surface area contributed by atoms with E-state index in [0.29, 0.717) is 5.92 Å². The second-order valence-electron chi connectivity index (χ2n) is 3.79. The van der Waals surface area contributed by atoms with E-state index in [0.717, 1.165) is 0 Å². The summed E-state index contributed by atoms with van der Waals surface area (Å²) in [5.41, 5.74) is -0.222. The van der Waals surface area contributed by atoms with Crippen molar-refractivity contribution in [3.05, 3.63) is 0 Å². The summed E-state index contributed by atoms with van der Waals surface area (Å²) in [4.78, 5) is 0. The zero-order valence-electron chi connectivity index (χ0n) is 7.54. The van der Waals surface area contributed by atoms with E-state index in [4.69, 9.17) is 0 Å². The molecule has 1 aliphatic heterocycles. The van der Waals surface area contributed by atoms with Crippen molar-refractivity contribution in [2.24, 2.45) is 11.3 Å². The molecule has 0 atom stereocenters. The Bertz CT molecular complexity index is 205. The van der Waals surface area contributed by atoms with E-state index in [-0.39, 0.29) is 18.6 Å². The summed E-state index contributed by atoms with van der Waals surface area (Å²) in [5.74, 6) is 0.317. The molecule has 1 aliphatic rings. The Morgan fingerprint density at radius 1 is 1.42 bits per heavy atom. The van der Waals surface area contributed by atoms with Crippen molar-refractivity contribution < 1.29 is 17.8 Å². The quantitative estimate of drug-likeness (QED) is 0.605. The molecule has 3 nitrogen and oxygen atoms in total. The number of halogens is 1. The fourth-order valence-electron chi connectivity index (χ4n) is 0.861. The largest absolute Gasteiger partial charge is 0.513 e. The highest BCUT2D eigenvalue weighted by Crippen LogP contribution is 2.56. The second kappa shape index (κ2) is 3.09. The first-order valence-corrected chi connectivity index (χ1v) is 5.38. The van der Waals surface area contributed by atoms with E-state index in [9.17, 15) is 8.76 Å². The van der Waals surface area contributed by atoms with E-state index in [1.807, 2.05) is 20.8 Å². The van der Waals surface area contributed by atoms with Crippen LogP contribution in [0.25, 0.3) is 0 Å². The molecule has 1 fully saturated rings. The van der Waals surface area contributed by atoms with Crippen molar-refractivity contribution in [2.75, 3.05) is 13.2 Å². The van der Waals surface area contributed by atoms with Crippen LogP contribution in [0.5, 0.6) is 0 Å². The lowest BCUT2D eigenvalue weighted by molar-refractivity contribution is -0.0124. The molecule has 12 heavy (non-hydrogen) atoms. The van der Waals surface area contributed by atoms with E-state index >= 15 is 0 Å². The predicted molar refractivity (Wildman–Crippen MR) is 43.6 cm³/mol. The maximum absolute atomic E-state index is 12.6. The van der Waals surface area contributed by atoms with Crippen molar-refractivity contribution in [1.82, 2.24) is 0 Å². The van der Waals surface area contributed by atoms with Crippen molar-refractivity contribution in [3.8, 4) is 0 Å². The van der Waals surface area contributed by atoms with Gasteiger partial charge in [0.25, 0.3) is 0 Å². The number of rotatable bonds is 1. The van der Waals surface area contributed by atoms with Crippen molar-refractivity contribution in [2.45, 2.75) is 20.8 Å². The SMILES string of the molecule is CC(C)C1(C)COP(=O)(F)OC1. The molecule has 0 bridgehead atoms. The van der Waals surface area contributed by atoms with Crippen LogP contribution in [0.1, 0.15) is 20.8 Å². The Morgan fingerprint density at radius 2 is 1.83 bits per heavy atom. The molecule has 1 rings (SSSR count). The lowest BCUT2D eigenvalue weighted by atomic mass is 9.81. The van der Waals surface area contributed by atoms with Crippen LogP contribution in [0.15, 0.2) is 0 Å². The molecule has 0 N–H and O–H groups in total. The van der Waals surface area contributed by atoms with Crippen molar-refractivity contribution in [1.29, 1.82) is 0 Å². The Labute approximate surface area is 71.9 Å². The molecule has 0 unspecified atom stereocenters. The lowest BCUT2D eigenvalue weighted by Crippen LogP contribution is -2.36. The first-order valence-electron chi connectivity index (χ1n) is 3.94. The van der Waals surface area contributed by atoms with E-state index in [2.05, 4.69) is 9.05 Å². The molecule has 72 valence electrons. The van der Waals surface area contributed by atoms with Gasteiger partial charge in [0.05, 0.1) is 13.2 Å². The van der Waals surface area contributed by atoms with Gasteiger partial charge in [-0.3, -0.25) is 9.05 Å². The van der Waals surface area contributed by atoms with E-state index < -0.39 is 7.91 Å². The van der Waals surface area contributed by atoms with Gasteiger partial charge < -0.3 is 0 Å². The van der Waals surface area contributed by atoms with Crippen LogP contribution in [0, 0.1) is 11.3 Å². The topological polar surface area (TPSA) is 35.5 Å². The molecule has 0 aromatic heterocycles. The maximum atomic E-state index is 12.6. The minimum atomic E-state index is -4.21. The van der Waals surface area contributed by atoms with E-state index in [1.165, 1.54) is 0 Å². The molecule has 0 amide bonds. The fraction of sp³-hybridized carbons (Fsp3) is 1.00. The smallest absolute Gasteiger partial charge is 0.283 e. The zero-order valence-corrected chi connectivity index (χ0v) is 8.44. The monoisotopic (exact) mass is 196 g/mol. The summed E-state index contributed by atoms with van der Waals surface area (Å²) >= 11 is 0. The van der Waals surface area contributed by atoms with Gasteiger partial charge in [-0.05, 0) is 5.92 Å². The van der Waals surface area contributed by atoms with Crippen LogP contribution in [-0.2, 0) is 13.6 Å². The minimum absolute atomic E-state index is 0.165. The standard InChI is InChI=1S/C7H14FO3P/c1-6(2)7(3)4-10-12(8,9)11-5-7/h6H,4-5H2,1-3H3. The Hall–Kier alpha value is 0.0800. The summed E-state index contributed by atoms with van der Waals surface area (Å²) in [6, 6.07) is 0. The van der Waals surface area contributed by atoms with Crippen LogP contribution in [0.2, 0.25) is 0 Å². The Kier molecular flexibility index (Phi) is 2.62. The first-order chi connectivity index (χ1) is 5.36. The fourth-order valence-corrected chi connectivity index (χ4v) is 1.83. The van der Waals surface area contributed by atoms with Gasteiger partial charge in [0.15, 0.2) is 0 Å². The maximum Gasteiger partial charge on any atom is 0.513 e. The van der Waals surface area contributed by atoms with Gasteiger partial charge in [-0.2, -0.15) is 0 Å². The van der Waals surface area contributed by atoms with Crippen molar-refractivity contribution >= 4 is 7.91 Å². The molecule has 0 aliphatic carbocycles. The molecule has 0 radical (unpaired) electrons. The van der Waals surface area contributed by atoms with Gasteiger partial charge in [-0.25, -0.2) is 4.57 Å². The summed E-state index contributed by atoms with van der Waals surface area (Å²) in [7, 11) is -4.21. The molecular weight excluding hydrogens is 182 g/mol. The normalized spacial score (nSPS) is 43.4. The van der Waals surface area contributed by atoms with Crippen LogP contribution < -0.4 is 0 Å². The molecule has 0 saturated carbocycles. The van der Waals surface area contributed by atoms with Crippen LogP contribution in [0.3, 0.4) is 0 Å². The zero-order chi connectivity index (χ0) is 9.41. The summed E-state index contributed by atoms with van der Waals surface area (Å²) in [5, 5.41) is 0. The second-order valence-corrected chi connectivity index (χ2v) is 5.16. The van der Waals surface area contributed by atoms with Crippen LogP contribution >= 0.6 is 7.91 Å². The third kappa shape index (κ3) is 2.06. The number of hydrogen-bond donors (Lipinski definition) is 0. The molecule has 1 saturated heterocycles. The third-order valence-corrected chi connectivity index (χ3v) is 3.37. The van der Waals surface area contributed by atoms with Gasteiger partial charge in [0, 0.05) is 5.41 Å². The minimum Gasteiger partial charge on any atom is -0.283 e. The van der Waals surface area contributed by atoms with Crippen LogP contribution in [0.4, 0.5) is 4.20 Å². The van der Waals surface area contributed by atoms with Gasteiger partial charge in [0.2, 0.25) is 0 Å². The van der Waals surface area contributed by atoms with Gasteiger partial charge in [-0.1, -0.05) is 20.8 Å². The predicted octanol–water partition coefficient (Wildman–Crippen LogP) is 2.77. The molecule has 0 spiro atoms. The molecule has 0 aromatic rings. The Balaban J connectivity index is 2.62. The van der Waals surface area contributed by atoms with Gasteiger partial charge in [-0.15, -0.1) is 4.20 Å². The number of hydrogen-bond acceptors (Lipinski definition) is 3. The molecule has 5 heteroatoms. The molecular formula is C7H14FO3P. The summed E-state index contributed by atoms with van der Waals surface area (Å²) in [6.07, 6.45) is 0. The highest BCUT2D eigenvalue weighted by atomic mass is 31.2. The average Bonchev–Trinajstić information content (AvgIpc) is 1.96. The van der Waals surface area contributed by atoms with Gasteiger partial charge in [0.1, 0.15) is 0 Å². The first kappa shape index (κ1) is 10.2. The van der Waals surface area contributed by atoms with E-state index in [1.54, 1.807) is 0 Å².